The van der Waals surface area contributed by atoms with Crippen molar-refractivity contribution in [2.45, 2.75) is 26.3 Å². The predicted molar refractivity (Wildman–Crippen MR) is 75.5 cm³/mol. The molecule has 1 atom stereocenters. The zero-order valence-corrected chi connectivity index (χ0v) is 12.1. The Bertz CT molecular complexity index is 358. The maximum Gasteiger partial charge on any atom is 0.137 e. The van der Waals surface area contributed by atoms with E-state index < -0.39 is 0 Å². The summed E-state index contributed by atoms with van der Waals surface area (Å²) < 4.78 is 10.6. The van der Waals surface area contributed by atoms with Crippen LogP contribution < -0.4 is 10.1 Å². The molecule has 0 bridgehead atoms. The highest BCUT2D eigenvalue weighted by Crippen LogP contribution is 2.27. The summed E-state index contributed by atoms with van der Waals surface area (Å²) in [5, 5.41) is 4.01. The lowest BCUT2D eigenvalue weighted by atomic mass is 10.1. The van der Waals surface area contributed by atoms with Crippen LogP contribution in [0.25, 0.3) is 0 Å². The summed E-state index contributed by atoms with van der Waals surface area (Å²) >= 11 is 6.20. The summed E-state index contributed by atoms with van der Waals surface area (Å²) in [5.41, 5.74) is 1.17. The molecule has 0 aliphatic rings. The smallest absolute Gasteiger partial charge is 0.137 e. The second-order valence-electron chi connectivity index (χ2n) is 4.16. The molecule has 3 nitrogen and oxygen atoms in total. The van der Waals surface area contributed by atoms with Gasteiger partial charge in [-0.3, -0.25) is 0 Å². The van der Waals surface area contributed by atoms with Crippen molar-refractivity contribution in [1.29, 1.82) is 0 Å². The monoisotopic (exact) mass is 271 g/mol. The Labute approximate surface area is 114 Å². The molecule has 0 saturated carbocycles. The van der Waals surface area contributed by atoms with Crippen LogP contribution in [0.1, 0.15) is 31.9 Å². The van der Waals surface area contributed by atoms with Crippen LogP contribution in [-0.4, -0.2) is 26.9 Å². The molecule has 0 aromatic heterocycles. The van der Waals surface area contributed by atoms with Crippen LogP contribution in [0.4, 0.5) is 0 Å². The van der Waals surface area contributed by atoms with Gasteiger partial charge in [-0.05, 0) is 31.2 Å². The van der Waals surface area contributed by atoms with Crippen molar-refractivity contribution in [2.75, 3.05) is 26.9 Å². The molecule has 1 N–H and O–H groups in total. The van der Waals surface area contributed by atoms with E-state index in [4.69, 9.17) is 21.1 Å². The third kappa shape index (κ3) is 4.84. The Morgan fingerprint density at radius 3 is 2.72 bits per heavy atom. The molecule has 102 valence electrons. The lowest BCUT2D eigenvalue weighted by Gasteiger charge is -2.14. The van der Waals surface area contributed by atoms with Gasteiger partial charge >= 0.3 is 0 Å². The van der Waals surface area contributed by atoms with Crippen LogP contribution in [0.3, 0.4) is 0 Å². The molecular formula is C14H22ClNO2. The van der Waals surface area contributed by atoms with Gasteiger partial charge in [-0.15, -0.1) is 0 Å². The lowest BCUT2D eigenvalue weighted by molar-refractivity contribution is 0.172. The van der Waals surface area contributed by atoms with Crippen LogP contribution in [-0.2, 0) is 4.74 Å². The predicted octanol–water partition coefficient (Wildman–Crippen LogP) is 3.43. The fourth-order valence-corrected chi connectivity index (χ4v) is 1.96. The summed E-state index contributed by atoms with van der Waals surface area (Å²) in [6.07, 6.45) is 0.863. The molecule has 4 heteroatoms. The highest BCUT2D eigenvalue weighted by atomic mass is 35.5. The van der Waals surface area contributed by atoms with Gasteiger partial charge in [0.1, 0.15) is 5.75 Å². The number of ether oxygens (including phenoxy) is 2. The van der Waals surface area contributed by atoms with Crippen molar-refractivity contribution in [1.82, 2.24) is 5.32 Å². The molecule has 1 rings (SSSR count). The quantitative estimate of drug-likeness (QED) is 0.735. The maximum absolute atomic E-state index is 6.20. The minimum absolute atomic E-state index is 0.301. The maximum atomic E-state index is 6.20. The van der Waals surface area contributed by atoms with E-state index in [9.17, 15) is 0 Å². The second-order valence-corrected chi connectivity index (χ2v) is 4.57. The summed E-state index contributed by atoms with van der Waals surface area (Å²) in [7, 11) is 1.68. The van der Waals surface area contributed by atoms with Gasteiger partial charge in [-0.2, -0.15) is 0 Å². The van der Waals surface area contributed by atoms with Crippen molar-refractivity contribution in [3.8, 4) is 5.75 Å². The van der Waals surface area contributed by atoms with E-state index in [0.29, 0.717) is 24.3 Å². The Morgan fingerprint density at radius 1 is 1.33 bits per heavy atom. The number of halogens is 1. The van der Waals surface area contributed by atoms with Crippen LogP contribution in [0.5, 0.6) is 5.75 Å². The third-order valence-electron chi connectivity index (χ3n) is 2.72. The SMILES string of the molecule is CCNC(C)c1ccc(OCCCOC)c(Cl)c1. The lowest BCUT2D eigenvalue weighted by Crippen LogP contribution is -2.17. The van der Waals surface area contributed by atoms with Gasteiger partial charge in [0, 0.05) is 26.2 Å². The number of hydrogen-bond acceptors (Lipinski definition) is 3. The molecule has 0 aliphatic carbocycles. The van der Waals surface area contributed by atoms with Gasteiger partial charge in [-0.25, -0.2) is 0 Å². The summed E-state index contributed by atoms with van der Waals surface area (Å²) in [6, 6.07) is 6.24. The average Bonchev–Trinajstić information content (AvgIpc) is 2.36. The number of hydrogen-bond donors (Lipinski definition) is 1. The van der Waals surface area contributed by atoms with Gasteiger partial charge < -0.3 is 14.8 Å². The minimum Gasteiger partial charge on any atom is -0.492 e. The van der Waals surface area contributed by atoms with Crippen LogP contribution in [0, 0.1) is 0 Å². The Morgan fingerprint density at radius 2 is 2.11 bits per heavy atom. The molecule has 18 heavy (non-hydrogen) atoms. The zero-order chi connectivity index (χ0) is 13.4. The number of rotatable bonds is 8. The van der Waals surface area contributed by atoms with Gasteiger partial charge in [0.2, 0.25) is 0 Å². The van der Waals surface area contributed by atoms with Crippen LogP contribution >= 0.6 is 11.6 Å². The molecule has 1 aromatic carbocycles. The molecule has 0 radical (unpaired) electrons. The van der Waals surface area contributed by atoms with E-state index in [1.807, 2.05) is 18.2 Å². The van der Waals surface area contributed by atoms with Crippen molar-refractivity contribution in [3.63, 3.8) is 0 Å². The molecule has 0 spiro atoms. The molecule has 0 fully saturated rings. The van der Waals surface area contributed by atoms with Gasteiger partial charge in [0.25, 0.3) is 0 Å². The fourth-order valence-electron chi connectivity index (χ4n) is 1.71. The van der Waals surface area contributed by atoms with Crippen molar-refractivity contribution in [2.24, 2.45) is 0 Å². The van der Waals surface area contributed by atoms with E-state index in [-0.39, 0.29) is 0 Å². The first-order valence-corrected chi connectivity index (χ1v) is 6.71. The first-order chi connectivity index (χ1) is 8.69. The first-order valence-electron chi connectivity index (χ1n) is 6.33. The molecule has 1 aromatic rings. The normalized spacial score (nSPS) is 12.4. The first kappa shape index (κ1) is 15.3. The van der Waals surface area contributed by atoms with Crippen LogP contribution in [0.2, 0.25) is 5.02 Å². The summed E-state index contributed by atoms with van der Waals surface area (Å²) in [5.74, 6) is 0.736. The van der Waals surface area contributed by atoms with Gasteiger partial charge in [0.05, 0.1) is 11.6 Å². The standard InChI is InChI=1S/C14H22ClNO2/c1-4-16-11(2)12-6-7-14(13(15)10-12)18-9-5-8-17-3/h6-7,10-11,16H,4-5,8-9H2,1-3H3. The third-order valence-corrected chi connectivity index (χ3v) is 3.01. The van der Waals surface area contributed by atoms with Crippen LogP contribution in [0.15, 0.2) is 18.2 Å². The zero-order valence-electron chi connectivity index (χ0n) is 11.3. The number of methoxy groups -OCH3 is 1. The van der Waals surface area contributed by atoms with Gasteiger partial charge in [0.15, 0.2) is 0 Å². The van der Waals surface area contributed by atoms with E-state index in [1.54, 1.807) is 7.11 Å². The van der Waals surface area contributed by atoms with E-state index in [1.165, 1.54) is 5.56 Å². The largest absolute Gasteiger partial charge is 0.492 e. The van der Waals surface area contributed by atoms with Crippen molar-refractivity contribution in [3.05, 3.63) is 28.8 Å². The van der Waals surface area contributed by atoms with E-state index in [0.717, 1.165) is 18.7 Å². The Hall–Kier alpha value is -0.770. The molecule has 0 aliphatic heterocycles. The number of benzene rings is 1. The highest BCUT2D eigenvalue weighted by molar-refractivity contribution is 6.32. The van der Waals surface area contributed by atoms with E-state index >= 15 is 0 Å². The molecule has 1 unspecified atom stereocenters. The van der Waals surface area contributed by atoms with E-state index in [2.05, 4.69) is 19.2 Å². The molecule has 0 saturated heterocycles. The highest BCUT2D eigenvalue weighted by Gasteiger charge is 2.07. The molecule has 0 amide bonds. The van der Waals surface area contributed by atoms with Gasteiger partial charge in [-0.1, -0.05) is 24.6 Å². The number of nitrogens with one attached hydrogen (secondary N) is 1. The minimum atomic E-state index is 0.301. The Kier molecular flexibility index (Phi) is 7.09. The van der Waals surface area contributed by atoms with Crippen molar-refractivity contribution < 1.29 is 9.47 Å². The fraction of sp³-hybridized carbons (Fsp3) is 0.571. The van der Waals surface area contributed by atoms with Crippen molar-refractivity contribution >= 4 is 11.6 Å². The summed E-state index contributed by atoms with van der Waals surface area (Å²) in [4.78, 5) is 0. The molecular weight excluding hydrogens is 250 g/mol. The molecule has 0 heterocycles. The average molecular weight is 272 g/mol. The Balaban J connectivity index is 2.56. The summed E-state index contributed by atoms with van der Waals surface area (Å²) in [6.45, 7) is 6.47. The second kappa shape index (κ2) is 8.35. The topological polar surface area (TPSA) is 30.5 Å².